The van der Waals surface area contributed by atoms with Crippen LogP contribution in [0.5, 0.6) is 0 Å². The summed E-state index contributed by atoms with van der Waals surface area (Å²) in [6.07, 6.45) is -0.871. The minimum absolute atomic E-state index is 0.143. The van der Waals surface area contributed by atoms with Gasteiger partial charge in [-0.05, 0) is 55.9 Å². The molecule has 5 heteroatoms. The van der Waals surface area contributed by atoms with Gasteiger partial charge in [-0.25, -0.2) is 13.2 Å². The van der Waals surface area contributed by atoms with E-state index < -0.39 is 17.7 Å². The molecule has 1 unspecified atom stereocenters. The molecule has 2 aliphatic heterocycles. The molecule has 0 radical (unpaired) electrons. The van der Waals surface area contributed by atoms with E-state index in [4.69, 9.17) is 0 Å². The monoisotopic (exact) mass is 311 g/mol. The molecule has 2 nitrogen and oxygen atoms in total. The van der Waals surface area contributed by atoms with E-state index in [0.29, 0.717) is 12.8 Å². The van der Waals surface area contributed by atoms with Crippen molar-refractivity contribution in [2.75, 3.05) is 0 Å². The molecule has 2 heterocycles. The zero-order valence-electron chi connectivity index (χ0n) is 12.8. The SMILES string of the molecule is CCC1(C(F)F)C[C@H]2CC[C@H](c3cc(C)cc(F)c3)N2C1=O. The molecule has 0 spiro atoms. The number of carbonyl (C=O) groups is 1. The van der Waals surface area contributed by atoms with Crippen molar-refractivity contribution in [2.24, 2.45) is 5.41 Å². The molecule has 2 saturated heterocycles. The van der Waals surface area contributed by atoms with Crippen LogP contribution in [0, 0.1) is 18.2 Å². The zero-order valence-corrected chi connectivity index (χ0v) is 12.8. The Balaban J connectivity index is 1.96. The summed E-state index contributed by atoms with van der Waals surface area (Å²) in [5.41, 5.74) is -0.0543. The van der Waals surface area contributed by atoms with Gasteiger partial charge in [0.15, 0.2) is 0 Å². The third kappa shape index (κ3) is 2.13. The van der Waals surface area contributed by atoms with Gasteiger partial charge in [-0.1, -0.05) is 13.0 Å². The highest BCUT2D eigenvalue weighted by molar-refractivity contribution is 5.86. The van der Waals surface area contributed by atoms with Crippen molar-refractivity contribution in [3.8, 4) is 0 Å². The maximum atomic E-state index is 13.6. The number of rotatable bonds is 3. The van der Waals surface area contributed by atoms with E-state index in [2.05, 4.69) is 0 Å². The number of carbonyl (C=O) groups excluding carboxylic acids is 1. The van der Waals surface area contributed by atoms with E-state index in [1.807, 2.05) is 6.07 Å². The number of aryl methyl sites for hydroxylation is 1. The summed E-state index contributed by atoms with van der Waals surface area (Å²) in [4.78, 5) is 14.3. The predicted molar refractivity (Wildman–Crippen MR) is 77.1 cm³/mol. The quantitative estimate of drug-likeness (QED) is 0.818. The van der Waals surface area contributed by atoms with Crippen molar-refractivity contribution in [3.05, 3.63) is 35.1 Å². The number of alkyl halides is 2. The van der Waals surface area contributed by atoms with Crippen LogP contribution < -0.4 is 0 Å². The van der Waals surface area contributed by atoms with Gasteiger partial charge in [-0.2, -0.15) is 0 Å². The third-order valence-electron chi connectivity index (χ3n) is 5.26. The van der Waals surface area contributed by atoms with E-state index >= 15 is 0 Å². The van der Waals surface area contributed by atoms with Gasteiger partial charge in [0.1, 0.15) is 11.2 Å². The van der Waals surface area contributed by atoms with Gasteiger partial charge in [-0.3, -0.25) is 4.79 Å². The topological polar surface area (TPSA) is 20.3 Å². The average Bonchev–Trinajstić information content (AvgIpc) is 2.96. The Morgan fingerprint density at radius 2 is 2.05 bits per heavy atom. The highest BCUT2D eigenvalue weighted by Gasteiger charge is 2.59. The second-order valence-electron chi connectivity index (χ2n) is 6.54. The Labute approximate surface area is 128 Å². The molecule has 3 atom stereocenters. The fourth-order valence-electron chi connectivity index (χ4n) is 4.07. The van der Waals surface area contributed by atoms with Crippen molar-refractivity contribution in [1.29, 1.82) is 0 Å². The molecule has 2 aliphatic rings. The minimum atomic E-state index is -2.65. The Hall–Kier alpha value is -1.52. The molecule has 22 heavy (non-hydrogen) atoms. The number of amides is 1. The zero-order chi connectivity index (χ0) is 16.1. The van der Waals surface area contributed by atoms with Gasteiger partial charge in [0.2, 0.25) is 5.91 Å². The first-order chi connectivity index (χ1) is 10.4. The summed E-state index contributed by atoms with van der Waals surface area (Å²) >= 11 is 0. The Kier molecular flexibility index (Phi) is 3.69. The van der Waals surface area contributed by atoms with Crippen molar-refractivity contribution in [2.45, 2.75) is 58.0 Å². The van der Waals surface area contributed by atoms with Crippen LogP contribution in [0.3, 0.4) is 0 Å². The number of hydrogen-bond donors (Lipinski definition) is 0. The van der Waals surface area contributed by atoms with Gasteiger partial charge in [-0.15, -0.1) is 0 Å². The van der Waals surface area contributed by atoms with Gasteiger partial charge in [0.25, 0.3) is 6.43 Å². The third-order valence-corrected chi connectivity index (χ3v) is 5.26. The Morgan fingerprint density at radius 3 is 2.64 bits per heavy atom. The molecule has 0 bridgehead atoms. The molecule has 1 aromatic rings. The van der Waals surface area contributed by atoms with Crippen LogP contribution in [0.4, 0.5) is 13.2 Å². The lowest BCUT2D eigenvalue weighted by atomic mass is 9.81. The number of nitrogens with zero attached hydrogens (tertiary/aromatic N) is 1. The lowest BCUT2D eigenvalue weighted by Crippen LogP contribution is -2.40. The molecule has 0 aromatic heterocycles. The second-order valence-corrected chi connectivity index (χ2v) is 6.54. The van der Waals surface area contributed by atoms with Crippen molar-refractivity contribution in [3.63, 3.8) is 0 Å². The molecular formula is C17H20F3NO. The first-order valence-corrected chi connectivity index (χ1v) is 7.77. The molecule has 3 rings (SSSR count). The number of benzene rings is 1. The highest BCUT2D eigenvalue weighted by Crippen LogP contribution is 2.52. The van der Waals surface area contributed by atoms with Crippen molar-refractivity contribution in [1.82, 2.24) is 4.90 Å². The lowest BCUT2D eigenvalue weighted by Gasteiger charge is -2.29. The molecule has 1 aromatic carbocycles. The van der Waals surface area contributed by atoms with E-state index in [1.165, 1.54) is 12.1 Å². The standard InChI is InChI=1S/C17H20F3NO/c1-3-17(15(19)20)9-13-4-5-14(21(13)16(17)22)11-6-10(2)7-12(18)8-11/h6-8,13-15H,3-5,9H2,1-2H3/t13-,14-,17?/m1/s1. The van der Waals surface area contributed by atoms with Crippen LogP contribution in [0.1, 0.15) is 49.8 Å². The Bertz CT molecular complexity index is 583. The lowest BCUT2D eigenvalue weighted by molar-refractivity contribution is -0.146. The van der Waals surface area contributed by atoms with Gasteiger partial charge >= 0.3 is 0 Å². The fourth-order valence-corrected chi connectivity index (χ4v) is 4.07. The van der Waals surface area contributed by atoms with Crippen LogP contribution >= 0.6 is 0 Å². The van der Waals surface area contributed by atoms with E-state index in [9.17, 15) is 18.0 Å². The van der Waals surface area contributed by atoms with Crippen molar-refractivity contribution >= 4 is 5.91 Å². The molecule has 120 valence electrons. The maximum absolute atomic E-state index is 13.6. The van der Waals surface area contributed by atoms with Crippen LogP contribution in [-0.2, 0) is 4.79 Å². The predicted octanol–water partition coefficient (Wildman–Crippen LogP) is 4.23. The van der Waals surface area contributed by atoms with Gasteiger partial charge < -0.3 is 4.90 Å². The molecular weight excluding hydrogens is 291 g/mol. The largest absolute Gasteiger partial charge is 0.332 e. The average molecular weight is 311 g/mol. The summed E-state index contributed by atoms with van der Waals surface area (Å²) in [5.74, 6) is -0.805. The Morgan fingerprint density at radius 1 is 1.32 bits per heavy atom. The number of hydrogen-bond acceptors (Lipinski definition) is 1. The molecule has 1 amide bonds. The second kappa shape index (κ2) is 5.28. The van der Waals surface area contributed by atoms with Crippen molar-refractivity contribution < 1.29 is 18.0 Å². The summed E-state index contributed by atoms with van der Waals surface area (Å²) in [6, 6.07) is 4.27. The molecule has 0 N–H and O–H groups in total. The summed E-state index contributed by atoms with van der Waals surface area (Å²) in [5, 5.41) is 0. The minimum Gasteiger partial charge on any atom is -0.332 e. The molecule has 0 saturated carbocycles. The maximum Gasteiger partial charge on any atom is 0.252 e. The first-order valence-electron chi connectivity index (χ1n) is 7.77. The van der Waals surface area contributed by atoms with E-state index in [1.54, 1.807) is 18.7 Å². The molecule has 2 fully saturated rings. The van der Waals surface area contributed by atoms with Crippen LogP contribution in [0.15, 0.2) is 18.2 Å². The van der Waals surface area contributed by atoms with Crippen LogP contribution in [0.25, 0.3) is 0 Å². The van der Waals surface area contributed by atoms with E-state index in [-0.39, 0.29) is 30.7 Å². The summed E-state index contributed by atoms with van der Waals surface area (Å²) < 4.78 is 40.7. The molecule has 0 aliphatic carbocycles. The number of halogens is 3. The van der Waals surface area contributed by atoms with E-state index in [0.717, 1.165) is 11.1 Å². The van der Waals surface area contributed by atoms with Crippen LogP contribution in [-0.4, -0.2) is 23.3 Å². The van der Waals surface area contributed by atoms with Gasteiger partial charge in [0.05, 0.1) is 6.04 Å². The highest BCUT2D eigenvalue weighted by atomic mass is 19.3. The number of fused-ring (bicyclic) bond motifs is 1. The van der Waals surface area contributed by atoms with Crippen LogP contribution in [0.2, 0.25) is 0 Å². The summed E-state index contributed by atoms with van der Waals surface area (Å²) in [6.45, 7) is 3.44. The summed E-state index contributed by atoms with van der Waals surface area (Å²) in [7, 11) is 0. The normalized spacial score (nSPS) is 31.2. The fraction of sp³-hybridized carbons (Fsp3) is 0.588. The van der Waals surface area contributed by atoms with Gasteiger partial charge in [0, 0.05) is 6.04 Å². The smallest absolute Gasteiger partial charge is 0.252 e. The first kappa shape index (κ1) is 15.4.